The fourth-order valence-corrected chi connectivity index (χ4v) is 2.82. The number of rotatable bonds is 3. The quantitative estimate of drug-likeness (QED) is 0.712. The van der Waals surface area contributed by atoms with Gasteiger partial charge in [-0.25, -0.2) is 4.39 Å². The summed E-state index contributed by atoms with van der Waals surface area (Å²) < 4.78 is 13.6. The van der Waals surface area contributed by atoms with Crippen molar-refractivity contribution >= 4 is 40.5 Å². The van der Waals surface area contributed by atoms with Crippen LogP contribution in [0.1, 0.15) is 24.1 Å². The van der Waals surface area contributed by atoms with Crippen molar-refractivity contribution in [1.82, 2.24) is 0 Å². The number of nitrogens with zero attached hydrogens (tertiary/aromatic N) is 1. The molecule has 1 atom stereocenters. The van der Waals surface area contributed by atoms with Gasteiger partial charge in [-0.05, 0) is 37.3 Å². The molecule has 1 N–H and O–H groups in total. The summed E-state index contributed by atoms with van der Waals surface area (Å²) in [5.41, 5.74) is 1.46. The van der Waals surface area contributed by atoms with Crippen LogP contribution in [0.4, 0.5) is 10.1 Å². The molecule has 0 radical (unpaired) electrons. The predicted octanol–water partition coefficient (Wildman–Crippen LogP) is 5.83. The van der Waals surface area contributed by atoms with Gasteiger partial charge < -0.3 is 5.32 Å². The van der Waals surface area contributed by atoms with Gasteiger partial charge in [0.2, 0.25) is 0 Å². The van der Waals surface area contributed by atoms with Crippen LogP contribution in [0.15, 0.2) is 30.3 Å². The van der Waals surface area contributed by atoms with Crippen molar-refractivity contribution in [3.63, 3.8) is 0 Å². The fourth-order valence-electron chi connectivity index (χ4n) is 1.95. The number of hydrogen-bond acceptors (Lipinski definition) is 2. The lowest BCUT2D eigenvalue weighted by atomic mass is 10.1. The second kappa shape index (κ2) is 6.53. The van der Waals surface area contributed by atoms with Crippen molar-refractivity contribution in [3.8, 4) is 6.07 Å². The van der Waals surface area contributed by atoms with Gasteiger partial charge in [0.1, 0.15) is 5.82 Å². The van der Waals surface area contributed by atoms with E-state index < -0.39 is 5.82 Å². The second-order valence-electron chi connectivity index (χ2n) is 4.43. The Balaban J connectivity index is 2.37. The molecule has 0 heterocycles. The molecular formula is C15H10Cl3FN2. The van der Waals surface area contributed by atoms with Crippen molar-refractivity contribution < 1.29 is 4.39 Å². The van der Waals surface area contributed by atoms with E-state index in [2.05, 4.69) is 5.32 Å². The summed E-state index contributed by atoms with van der Waals surface area (Å²) in [6.07, 6.45) is 0. The largest absolute Gasteiger partial charge is 0.377 e. The van der Waals surface area contributed by atoms with E-state index in [0.717, 1.165) is 0 Å². The molecule has 1 unspecified atom stereocenters. The molecule has 0 spiro atoms. The van der Waals surface area contributed by atoms with Crippen molar-refractivity contribution in [3.05, 3.63) is 62.3 Å². The van der Waals surface area contributed by atoms with Gasteiger partial charge in [0.05, 0.1) is 33.4 Å². The highest BCUT2D eigenvalue weighted by atomic mass is 35.5. The second-order valence-corrected chi connectivity index (χ2v) is 5.62. The van der Waals surface area contributed by atoms with Gasteiger partial charge >= 0.3 is 0 Å². The number of benzene rings is 2. The lowest BCUT2D eigenvalue weighted by Gasteiger charge is -2.19. The molecule has 0 aromatic heterocycles. The first-order chi connectivity index (χ1) is 9.93. The summed E-state index contributed by atoms with van der Waals surface area (Å²) in [6.45, 7) is 1.78. The number of halogens is 4. The highest BCUT2D eigenvalue weighted by Gasteiger charge is 2.18. The lowest BCUT2D eigenvalue weighted by Crippen LogP contribution is -2.09. The van der Waals surface area contributed by atoms with Crippen LogP contribution < -0.4 is 5.32 Å². The molecule has 2 aromatic carbocycles. The SMILES string of the molecule is CC(Nc1cc(C#N)ccc1Cl)c1c(Cl)ccc(F)c1Cl. The maximum atomic E-state index is 13.6. The van der Waals surface area contributed by atoms with Crippen molar-refractivity contribution in [2.24, 2.45) is 0 Å². The molecule has 0 aliphatic carbocycles. The van der Waals surface area contributed by atoms with Gasteiger partial charge in [-0.15, -0.1) is 0 Å². The minimum atomic E-state index is -0.540. The van der Waals surface area contributed by atoms with E-state index in [0.29, 0.717) is 26.9 Å². The maximum absolute atomic E-state index is 13.6. The van der Waals surface area contributed by atoms with Gasteiger partial charge in [-0.2, -0.15) is 5.26 Å². The Morgan fingerprint density at radius 3 is 2.48 bits per heavy atom. The number of nitriles is 1. The Morgan fingerprint density at radius 1 is 1.14 bits per heavy atom. The van der Waals surface area contributed by atoms with Crippen LogP contribution in [0.5, 0.6) is 0 Å². The summed E-state index contributed by atoms with van der Waals surface area (Å²) in [5.74, 6) is -0.540. The third-order valence-corrected chi connectivity index (χ3v) is 4.02. The topological polar surface area (TPSA) is 35.8 Å². The van der Waals surface area contributed by atoms with Gasteiger partial charge in [-0.1, -0.05) is 34.8 Å². The van der Waals surface area contributed by atoms with Crippen LogP contribution in [-0.2, 0) is 0 Å². The third-order valence-electron chi connectivity index (χ3n) is 2.98. The summed E-state index contributed by atoms with van der Waals surface area (Å²) in [7, 11) is 0. The van der Waals surface area contributed by atoms with E-state index in [1.54, 1.807) is 25.1 Å². The van der Waals surface area contributed by atoms with Crippen molar-refractivity contribution in [1.29, 1.82) is 5.26 Å². The van der Waals surface area contributed by atoms with Gasteiger partial charge in [-0.3, -0.25) is 0 Å². The molecule has 0 fully saturated rings. The van der Waals surface area contributed by atoms with Crippen molar-refractivity contribution in [2.75, 3.05) is 5.32 Å². The molecule has 0 aliphatic heterocycles. The number of nitrogens with one attached hydrogen (secondary N) is 1. The Kier molecular flexibility index (Phi) is 4.95. The van der Waals surface area contributed by atoms with Gasteiger partial charge in [0.15, 0.2) is 0 Å². The van der Waals surface area contributed by atoms with Gasteiger partial charge in [0.25, 0.3) is 0 Å². The molecular weight excluding hydrogens is 334 g/mol. The van der Waals surface area contributed by atoms with E-state index in [1.807, 2.05) is 6.07 Å². The molecule has 0 saturated heterocycles. The third kappa shape index (κ3) is 3.41. The first kappa shape index (κ1) is 15.9. The average molecular weight is 344 g/mol. The van der Waals surface area contributed by atoms with Crippen LogP contribution in [0, 0.1) is 17.1 Å². The van der Waals surface area contributed by atoms with Crippen LogP contribution in [-0.4, -0.2) is 0 Å². The van der Waals surface area contributed by atoms with Crippen LogP contribution in [0.2, 0.25) is 15.1 Å². The monoisotopic (exact) mass is 342 g/mol. The number of hydrogen-bond donors (Lipinski definition) is 1. The molecule has 0 amide bonds. The smallest absolute Gasteiger partial charge is 0.142 e. The molecule has 0 aliphatic rings. The average Bonchev–Trinajstić information content (AvgIpc) is 2.46. The van der Waals surface area contributed by atoms with E-state index in [4.69, 9.17) is 40.1 Å². The molecule has 6 heteroatoms. The molecule has 2 rings (SSSR count). The van der Waals surface area contributed by atoms with E-state index in [1.165, 1.54) is 12.1 Å². The number of anilines is 1. The molecule has 2 aromatic rings. The molecule has 0 saturated carbocycles. The normalized spacial score (nSPS) is 11.8. The van der Waals surface area contributed by atoms with Crippen LogP contribution >= 0.6 is 34.8 Å². The summed E-state index contributed by atoms with van der Waals surface area (Å²) in [4.78, 5) is 0. The zero-order valence-corrected chi connectivity index (χ0v) is 13.2. The molecule has 0 bridgehead atoms. The van der Waals surface area contributed by atoms with E-state index in [-0.39, 0.29) is 11.1 Å². The van der Waals surface area contributed by atoms with Gasteiger partial charge in [0, 0.05) is 10.6 Å². The van der Waals surface area contributed by atoms with Crippen LogP contribution in [0.3, 0.4) is 0 Å². The maximum Gasteiger partial charge on any atom is 0.142 e. The molecule has 2 nitrogen and oxygen atoms in total. The zero-order valence-electron chi connectivity index (χ0n) is 10.9. The fraction of sp³-hybridized carbons (Fsp3) is 0.133. The zero-order chi connectivity index (χ0) is 15.6. The molecule has 108 valence electrons. The lowest BCUT2D eigenvalue weighted by molar-refractivity contribution is 0.624. The summed E-state index contributed by atoms with van der Waals surface area (Å²) >= 11 is 18.1. The standard InChI is InChI=1S/C15H10Cl3FN2/c1-8(14-11(17)4-5-12(19)15(14)18)21-13-6-9(7-20)2-3-10(13)16/h2-6,8,21H,1H3. The van der Waals surface area contributed by atoms with E-state index in [9.17, 15) is 4.39 Å². The Hall–Kier alpha value is -1.47. The Bertz CT molecular complexity index is 726. The highest BCUT2D eigenvalue weighted by Crippen LogP contribution is 2.35. The van der Waals surface area contributed by atoms with E-state index >= 15 is 0 Å². The first-order valence-corrected chi connectivity index (χ1v) is 7.17. The summed E-state index contributed by atoms with van der Waals surface area (Å²) in [6, 6.07) is 9.14. The Morgan fingerprint density at radius 2 is 1.81 bits per heavy atom. The minimum Gasteiger partial charge on any atom is -0.377 e. The highest BCUT2D eigenvalue weighted by molar-refractivity contribution is 6.36. The Labute approximate surface area is 137 Å². The minimum absolute atomic E-state index is 0.0324. The first-order valence-electron chi connectivity index (χ1n) is 6.03. The molecule has 21 heavy (non-hydrogen) atoms. The van der Waals surface area contributed by atoms with Crippen LogP contribution in [0.25, 0.3) is 0 Å². The van der Waals surface area contributed by atoms with Crippen molar-refractivity contribution in [2.45, 2.75) is 13.0 Å². The summed E-state index contributed by atoms with van der Waals surface area (Å²) in [5, 5.41) is 12.8. The predicted molar refractivity (Wildman–Crippen MR) is 84.6 cm³/mol.